The Balaban J connectivity index is 2.23. The highest BCUT2D eigenvalue weighted by molar-refractivity contribution is 14.1. The van der Waals surface area contributed by atoms with Gasteiger partial charge in [0.2, 0.25) is 0 Å². The van der Waals surface area contributed by atoms with Crippen molar-refractivity contribution >= 4 is 40.2 Å². The van der Waals surface area contributed by atoms with E-state index < -0.39 is 0 Å². The predicted molar refractivity (Wildman–Crippen MR) is 93.9 cm³/mol. The zero-order valence-electron chi connectivity index (χ0n) is 11.9. The summed E-state index contributed by atoms with van der Waals surface area (Å²) in [6.45, 7) is 6.43. The van der Waals surface area contributed by atoms with Crippen LogP contribution in [-0.4, -0.2) is 9.97 Å². The number of anilines is 1. The largest absolute Gasteiger partial charge is 0.383 e. The molecule has 0 aliphatic carbocycles. The Morgan fingerprint density at radius 2 is 1.80 bits per heavy atom. The van der Waals surface area contributed by atoms with Gasteiger partial charge in [-0.15, -0.1) is 11.8 Å². The van der Waals surface area contributed by atoms with Crippen LogP contribution in [0.15, 0.2) is 35.2 Å². The van der Waals surface area contributed by atoms with Crippen LogP contribution < -0.4 is 5.73 Å². The summed E-state index contributed by atoms with van der Waals surface area (Å²) in [5.74, 6) is 2.10. The van der Waals surface area contributed by atoms with Crippen molar-refractivity contribution in [3.05, 3.63) is 45.4 Å². The van der Waals surface area contributed by atoms with Crippen molar-refractivity contribution < 1.29 is 0 Å². The molecule has 1 aromatic heterocycles. The molecule has 0 radical (unpaired) electrons. The van der Waals surface area contributed by atoms with Crippen molar-refractivity contribution in [2.45, 2.75) is 36.8 Å². The van der Waals surface area contributed by atoms with Crippen molar-refractivity contribution in [3.63, 3.8) is 0 Å². The lowest BCUT2D eigenvalue weighted by molar-refractivity contribution is 0.560. The van der Waals surface area contributed by atoms with Crippen molar-refractivity contribution in [2.75, 3.05) is 5.73 Å². The van der Waals surface area contributed by atoms with Gasteiger partial charge in [0.25, 0.3) is 0 Å². The number of nitrogens with zero attached hydrogens (tertiary/aromatic N) is 2. The molecule has 0 saturated heterocycles. The number of halogens is 1. The van der Waals surface area contributed by atoms with E-state index in [1.165, 1.54) is 4.90 Å². The topological polar surface area (TPSA) is 51.8 Å². The van der Waals surface area contributed by atoms with Gasteiger partial charge < -0.3 is 5.73 Å². The highest BCUT2D eigenvalue weighted by Gasteiger charge is 2.22. The van der Waals surface area contributed by atoms with Crippen molar-refractivity contribution in [3.8, 4) is 0 Å². The Morgan fingerprint density at radius 3 is 2.40 bits per heavy atom. The number of nitrogens with two attached hydrogens (primary N) is 1. The van der Waals surface area contributed by atoms with Gasteiger partial charge in [-0.1, -0.05) is 39.0 Å². The van der Waals surface area contributed by atoms with E-state index in [1.807, 2.05) is 18.2 Å². The van der Waals surface area contributed by atoms with Crippen molar-refractivity contribution in [1.29, 1.82) is 0 Å². The molecule has 20 heavy (non-hydrogen) atoms. The molecule has 0 spiro atoms. The van der Waals surface area contributed by atoms with E-state index in [0.717, 1.165) is 20.8 Å². The van der Waals surface area contributed by atoms with Gasteiger partial charge >= 0.3 is 0 Å². The van der Waals surface area contributed by atoms with Gasteiger partial charge in [0.1, 0.15) is 11.6 Å². The molecule has 0 aliphatic rings. The zero-order valence-corrected chi connectivity index (χ0v) is 14.8. The van der Waals surface area contributed by atoms with Crippen LogP contribution in [0.1, 0.15) is 32.3 Å². The molecule has 1 aromatic carbocycles. The molecule has 2 aromatic rings. The average Bonchev–Trinajstić information content (AvgIpc) is 2.40. The Hall–Kier alpha value is -0.820. The molecular weight excluding hydrogens is 381 g/mol. The fraction of sp³-hybridized carbons (Fsp3) is 0.333. The SMILES string of the molecule is CC(C)(C)c1nc(CSc2ccccc2)nc(N)c1I. The Labute approximate surface area is 137 Å². The quantitative estimate of drug-likeness (QED) is 0.619. The third-order valence-corrected chi connectivity index (χ3v) is 4.82. The van der Waals surface area contributed by atoms with Crippen LogP contribution in [0.4, 0.5) is 5.82 Å². The molecule has 0 saturated carbocycles. The Bertz CT molecular complexity index is 594. The number of aromatic nitrogens is 2. The molecule has 2 N–H and O–H groups in total. The summed E-state index contributed by atoms with van der Waals surface area (Å²) >= 11 is 3.95. The number of benzene rings is 1. The smallest absolute Gasteiger partial charge is 0.141 e. The summed E-state index contributed by atoms with van der Waals surface area (Å²) < 4.78 is 0.962. The van der Waals surface area contributed by atoms with Crippen LogP contribution >= 0.6 is 34.4 Å². The summed E-state index contributed by atoms with van der Waals surface area (Å²) in [6, 6.07) is 10.3. The van der Waals surface area contributed by atoms with E-state index in [2.05, 4.69) is 60.5 Å². The van der Waals surface area contributed by atoms with Crippen molar-refractivity contribution in [2.24, 2.45) is 0 Å². The molecule has 0 bridgehead atoms. The summed E-state index contributed by atoms with van der Waals surface area (Å²) in [7, 11) is 0. The Kier molecular flexibility index (Phi) is 4.90. The second kappa shape index (κ2) is 6.30. The van der Waals surface area contributed by atoms with Crippen LogP contribution in [0.3, 0.4) is 0 Å². The summed E-state index contributed by atoms with van der Waals surface area (Å²) in [4.78, 5) is 10.3. The molecule has 106 valence electrons. The molecule has 0 amide bonds. The average molecular weight is 399 g/mol. The number of nitrogen functional groups attached to an aromatic ring is 1. The first-order valence-electron chi connectivity index (χ1n) is 6.38. The van der Waals surface area contributed by atoms with Crippen molar-refractivity contribution in [1.82, 2.24) is 9.97 Å². The molecular formula is C15H18IN3S. The molecule has 5 heteroatoms. The predicted octanol–water partition coefficient (Wildman–Crippen LogP) is 4.25. The lowest BCUT2D eigenvalue weighted by atomic mass is 9.92. The molecule has 1 heterocycles. The van der Waals surface area contributed by atoms with Gasteiger partial charge in [-0.2, -0.15) is 0 Å². The molecule has 0 unspecified atom stereocenters. The highest BCUT2D eigenvalue weighted by atomic mass is 127. The first-order chi connectivity index (χ1) is 9.38. The molecule has 0 atom stereocenters. The van der Waals surface area contributed by atoms with Gasteiger partial charge in [0.05, 0.1) is 15.0 Å². The maximum atomic E-state index is 6.02. The van der Waals surface area contributed by atoms with Crippen LogP contribution in [0.25, 0.3) is 0 Å². The molecule has 0 fully saturated rings. The van der Waals surface area contributed by atoms with Crippen LogP contribution in [-0.2, 0) is 11.2 Å². The van der Waals surface area contributed by atoms with Gasteiger partial charge in [-0.25, -0.2) is 9.97 Å². The second-order valence-electron chi connectivity index (χ2n) is 5.54. The van der Waals surface area contributed by atoms with Crippen LogP contribution in [0.5, 0.6) is 0 Å². The first kappa shape index (κ1) is 15.6. The Morgan fingerprint density at radius 1 is 1.15 bits per heavy atom. The van der Waals surface area contributed by atoms with Crippen LogP contribution in [0.2, 0.25) is 0 Å². The standard InChI is InChI=1S/C15H18IN3S/c1-15(2,3)13-12(16)14(17)19-11(18-13)9-20-10-7-5-4-6-8-10/h4-8H,9H2,1-3H3,(H2,17,18,19). The minimum Gasteiger partial charge on any atom is -0.383 e. The maximum Gasteiger partial charge on any atom is 0.141 e. The van der Waals surface area contributed by atoms with E-state index in [9.17, 15) is 0 Å². The zero-order chi connectivity index (χ0) is 14.8. The summed E-state index contributed by atoms with van der Waals surface area (Å²) in [5, 5.41) is 0. The highest BCUT2D eigenvalue weighted by Crippen LogP contribution is 2.29. The van der Waals surface area contributed by atoms with Gasteiger partial charge in [-0.3, -0.25) is 0 Å². The fourth-order valence-electron chi connectivity index (χ4n) is 1.74. The number of rotatable bonds is 3. The third-order valence-electron chi connectivity index (χ3n) is 2.74. The number of thioether (sulfide) groups is 1. The minimum absolute atomic E-state index is 0.0280. The first-order valence-corrected chi connectivity index (χ1v) is 8.44. The lowest BCUT2D eigenvalue weighted by Gasteiger charge is -2.20. The van der Waals surface area contributed by atoms with E-state index >= 15 is 0 Å². The van der Waals surface area contributed by atoms with Gasteiger partial charge in [0, 0.05) is 10.3 Å². The maximum absolute atomic E-state index is 6.02. The van der Waals surface area contributed by atoms with Gasteiger partial charge in [0.15, 0.2) is 0 Å². The number of hydrogen-bond acceptors (Lipinski definition) is 4. The summed E-state index contributed by atoms with van der Waals surface area (Å²) in [5.41, 5.74) is 7.01. The monoisotopic (exact) mass is 399 g/mol. The van der Waals surface area contributed by atoms with Gasteiger partial charge in [-0.05, 0) is 34.7 Å². The van der Waals surface area contributed by atoms with Crippen LogP contribution in [0, 0.1) is 3.57 Å². The fourth-order valence-corrected chi connectivity index (χ4v) is 3.56. The van der Waals surface area contributed by atoms with E-state index in [4.69, 9.17) is 10.7 Å². The summed E-state index contributed by atoms with van der Waals surface area (Å²) in [6.07, 6.45) is 0. The number of hydrogen-bond donors (Lipinski definition) is 1. The molecule has 2 rings (SSSR count). The van der Waals surface area contributed by atoms with E-state index in [1.54, 1.807) is 11.8 Å². The van der Waals surface area contributed by atoms with E-state index in [-0.39, 0.29) is 5.41 Å². The normalized spacial score (nSPS) is 11.6. The van der Waals surface area contributed by atoms with E-state index in [0.29, 0.717) is 5.82 Å². The molecule has 0 aliphatic heterocycles. The minimum atomic E-state index is -0.0280. The lowest BCUT2D eigenvalue weighted by Crippen LogP contribution is -2.19. The molecule has 3 nitrogen and oxygen atoms in total. The second-order valence-corrected chi connectivity index (χ2v) is 7.67. The third kappa shape index (κ3) is 3.85.